The quantitative estimate of drug-likeness (QED) is 0.521. The van der Waals surface area contributed by atoms with Gasteiger partial charge in [-0.15, -0.1) is 24.5 Å². The number of aromatic nitrogens is 1. The molecule has 0 saturated heterocycles. The molecule has 3 rings (SSSR count). The van der Waals surface area contributed by atoms with Gasteiger partial charge in [0.15, 0.2) is 5.13 Å². The third kappa shape index (κ3) is 4.78. The molecule has 25 heavy (non-hydrogen) atoms. The van der Waals surface area contributed by atoms with E-state index in [9.17, 15) is 13.2 Å². The highest BCUT2D eigenvalue weighted by Gasteiger charge is 2.30. The van der Waals surface area contributed by atoms with E-state index in [2.05, 4.69) is 15.0 Å². The van der Waals surface area contributed by atoms with Gasteiger partial charge in [-0.1, -0.05) is 29.3 Å². The Labute approximate surface area is 155 Å². The Morgan fingerprint density at radius 2 is 1.72 bits per heavy atom. The second-order valence-electron chi connectivity index (χ2n) is 4.86. The summed E-state index contributed by atoms with van der Waals surface area (Å²) >= 11 is 13.2. The molecule has 0 spiro atoms. The number of nitrogens with one attached hydrogen (secondary N) is 1. The monoisotopic (exact) mass is 404 g/mol. The van der Waals surface area contributed by atoms with Gasteiger partial charge in [0, 0.05) is 16.6 Å². The molecule has 0 fully saturated rings. The Bertz CT molecular complexity index is 882. The summed E-state index contributed by atoms with van der Waals surface area (Å²) in [7, 11) is 0. The van der Waals surface area contributed by atoms with E-state index in [1.807, 2.05) is 5.38 Å². The zero-order valence-corrected chi connectivity index (χ0v) is 14.6. The van der Waals surface area contributed by atoms with Gasteiger partial charge in [0.2, 0.25) is 0 Å². The molecule has 130 valence electrons. The van der Waals surface area contributed by atoms with Crippen molar-refractivity contribution in [2.45, 2.75) is 6.36 Å². The van der Waals surface area contributed by atoms with Crippen LogP contribution in [0.2, 0.25) is 10.0 Å². The van der Waals surface area contributed by atoms with Gasteiger partial charge in [0.1, 0.15) is 5.75 Å². The molecule has 0 bridgehead atoms. The molecule has 1 N–H and O–H groups in total. The molecule has 9 heteroatoms. The molecule has 0 aliphatic rings. The molecule has 0 radical (unpaired) electrons. The molecule has 0 unspecified atom stereocenters. The van der Waals surface area contributed by atoms with Crippen LogP contribution in [0.15, 0.2) is 47.8 Å². The molecule has 0 amide bonds. The number of halogens is 5. The van der Waals surface area contributed by atoms with Crippen molar-refractivity contribution in [3.63, 3.8) is 0 Å². The second kappa shape index (κ2) is 7.11. The fraction of sp³-hybridized carbons (Fsp3) is 0.0625. The first kappa shape index (κ1) is 17.8. The van der Waals surface area contributed by atoms with Gasteiger partial charge >= 0.3 is 6.36 Å². The number of hydrogen-bond acceptors (Lipinski definition) is 4. The van der Waals surface area contributed by atoms with Crippen molar-refractivity contribution in [1.29, 1.82) is 0 Å². The lowest BCUT2D eigenvalue weighted by Crippen LogP contribution is -2.16. The summed E-state index contributed by atoms with van der Waals surface area (Å²) in [5.41, 5.74) is 2.11. The fourth-order valence-corrected chi connectivity index (χ4v) is 3.02. The van der Waals surface area contributed by atoms with E-state index in [1.54, 1.807) is 18.2 Å². The summed E-state index contributed by atoms with van der Waals surface area (Å²) in [5.74, 6) is -0.284. The molecule has 3 aromatic rings. The van der Waals surface area contributed by atoms with Gasteiger partial charge in [-0.25, -0.2) is 4.98 Å². The first-order valence-corrected chi connectivity index (χ1v) is 8.47. The molecule has 3 nitrogen and oxygen atoms in total. The minimum Gasteiger partial charge on any atom is -0.406 e. The zero-order chi connectivity index (χ0) is 18.0. The second-order valence-corrected chi connectivity index (χ2v) is 6.54. The molecule has 1 heterocycles. The number of hydrogen-bond donors (Lipinski definition) is 1. The lowest BCUT2D eigenvalue weighted by Gasteiger charge is -2.09. The third-order valence-corrected chi connectivity index (χ3v) is 4.56. The van der Waals surface area contributed by atoms with Crippen LogP contribution in [-0.4, -0.2) is 11.3 Å². The van der Waals surface area contributed by atoms with Crippen molar-refractivity contribution >= 4 is 45.4 Å². The molecule has 0 aliphatic heterocycles. The highest BCUT2D eigenvalue weighted by molar-refractivity contribution is 7.14. The predicted octanol–water partition coefficient (Wildman–Crippen LogP) is 6.76. The Balaban J connectivity index is 1.72. The van der Waals surface area contributed by atoms with Crippen molar-refractivity contribution in [1.82, 2.24) is 4.98 Å². The maximum absolute atomic E-state index is 12.1. The van der Waals surface area contributed by atoms with Crippen LogP contribution in [0.25, 0.3) is 11.3 Å². The highest BCUT2D eigenvalue weighted by atomic mass is 35.5. The Kier molecular flexibility index (Phi) is 5.08. The van der Waals surface area contributed by atoms with Crippen LogP contribution < -0.4 is 10.1 Å². The number of nitrogens with zero attached hydrogens (tertiary/aromatic N) is 1. The van der Waals surface area contributed by atoms with Gasteiger partial charge in [0.05, 0.1) is 15.7 Å². The summed E-state index contributed by atoms with van der Waals surface area (Å²) in [6, 6.07) is 10.6. The van der Waals surface area contributed by atoms with Crippen molar-refractivity contribution in [3.05, 3.63) is 57.9 Å². The minimum atomic E-state index is -4.71. The maximum atomic E-state index is 12.1. The fourth-order valence-electron chi connectivity index (χ4n) is 1.98. The molecule has 1 aromatic heterocycles. The SMILES string of the molecule is FC(F)(F)Oc1ccc(Nc2nc(-c3ccc(Cl)c(Cl)c3)cs2)cc1. The summed E-state index contributed by atoms with van der Waals surface area (Å²) in [6.45, 7) is 0. The van der Waals surface area contributed by atoms with Gasteiger partial charge in [-0.3, -0.25) is 0 Å². The van der Waals surface area contributed by atoms with Crippen LogP contribution in [0, 0.1) is 0 Å². The first-order valence-electron chi connectivity index (χ1n) is 6.84. The largest absolute Gasteiger partial charge is 0.573 e. The number of ether oxygens (including phenoxy) is 1. The number of alkyl halides is 3. The zero-order valence-electron chi connectivity index (χ0n) is 12.3. The van der Waals surface area contributed by atoms with E-state index in [1.165, 1.54) is 35.6 Å². The summed E-state index contributed by atoms with van der Waals surface area (Å²) in [4.78, 5) is 4.42. The molecule has 0 aliphatic carbocycles. The third-order valence-electron chi connectivity index (χ3n) is 3.06. The maximum Gasteiger partial charge on any atom is 0.573 e. The number of thiazole rings is 1. The minimum absolute atomic E-state index is 0.284. The highest BCUT2D eigenvalue weighted by Crippen LogP contribution is 2.32. The van der Waals surface area contributed by atoms with E-state index in [-0.39, 0.29) is 5.75 Å². The molecule has 0 atom stereocenters. The van der Waals surface area contributed by atoms with Crippen LogP contribution in [0.1, 0.15) is 0 Å². The normalized spacial score (nSPS) is 11.4. The van der Waals surface area contributed by atoms with Crippen LogP contribution in [0.4, 0.5) is 24.0 Å². The average molecular weight is 405 g/mol. The van der Waals surface area contributed by atoms with Crippen LogP contribution in [0.5, 0.6) is 5.75 Å². The Morgan fingerprint density at radius 3 is 2.36 bits per heavy atom. The lowest BCUT2D eigenvalue weighted by molar-refractivity contribution is -0.274. The molecular weight excluding hydrogens is 396 g/mol. The molecule has 2 aromatic carbocycles. The van der Waals surface area contributed by atoms with E-state index in [4.69, 9.17) is 23.2 Å². The first-order chi connectivity index (χ1) is 11.8. The van der Waals surface area contributed by atoms with E-state index in [0.29, 0.717) is 26.6 Å². The van der Waals surface area contributed by atoms with Crippen molar-refractivity contribution in [2.75, 3.05) is 5.32 Å². The van der Waals surface area contributed by atoms with E-state index in [0.717, 1.165) is 5.56 Å². The van der Waals surface area contributed by atoms with Crippen molar-refractivity contribution in [3.8, 4) is 17.0 Å². The molecule has 0 saturated carbocycles. The Hall–Kier alpha value is -1.96. The van der Waals surface area contributed by atoms with Gasteiger partial charge < -0.3 is 10.1 Å². The smallest absolute Gasteiger partial charge is 0.406 e. The number of anilines is 2. The van der Waals surface area contributed by atoms with Gasteiger partial charge in [-0.2, -0.15) is 0 Å². The topological polar surface area (TPSA) is 34.1 Å². The summed E-state index contributed by atoms with van der Waals surface area (Å²) in [6.07, 6.45) is -4.71. The van der Waals surface area contributed by atoms with Gasteiger partial charge in [-0.05, 0) is 36.4 Å². The number of rotatable bonds is 4. The number of benzene rings is 2. The van der Waals surface area contributed by atoms with Crippen molar-refractivity contribution < 1.29 is 17.9 Å². The standard InChI is InChI=1S/C16H9Cl2F3N2OS/c17-12-6-1-9(7-13(12)18)14-8-25-15(23-14)22-10-2-4-11(5-3-10)24-16(19,20)21/h1-8H,(H,22,23). The van der Waals surface area contributed by atoms with Crippen LogP contribution in [0.3, 0.4) is 0 Å². The van der Waals surface area contributed by atoms with Crippen LogP contribution >= 0.6 is 34.5 Å². The average Bonchev–Trinajstić information content (AvgIpc) is 2.99. The summed E-state index contributed by atoms with van der Waals surface area (Å²) < 4.78 is 40.3. The Morgan fingerprint density at radius 1 is 1.00 bits per heavy atom. The lowest BCUT2D eigenvalue weighted by atomic mass is 10.2. The van der Waals surface area contributed by atoms with E-state index >= 15 is 0 Å². The predicted molar refractivity (Wildman–Crippen MR) is 94.0 cm³/mol. The molecular formula is C16H9Cl2F3N2OS. The van der Waals surface area contributed by atoms with E-state index < -0.39 is 6.36 Å². The van der Waals surface area contributed by atoms with Gasteiger partial charge in [0.25, 0.3) is 0 Å². The summed E-state index contributed by atoms with van der Waals surface area (Å²) in [5, 5.41) is 6.34. The van der Waals surface area contributed by atoms with Crippen LogP contribution in [-0.2, 0) is 0 Å². The van der Waals surface area contributed by atoms with Crippen molar-refractivity contribution in [2.24, 2.45) is 0 Å².